The lowest BCUT2D eigenvalue weighted by molar-refractivity contribution is 0.0340. The van der Waals surface area contributed by atoms with E-state index in [4.69, 9.17) is 4.74 Å². The fourth-order valence-electron chi connectivity index (χ4n) is 5.17. The molecule has 1 atom stereocenters. The van der Waals surface area contributed by atoms with Gasteiger partial charge < -0.3 is 9.64 Å². The van der Waals surface area contributed by atoms with Crippen LogP contribution in [0.15, 0.2) is 60.8 Å². The summed E-state index contributed by atoms with van der Waals surface area (Å²) in [4.78, 5) is 22.6. The molecule has 0 radical (unpaired) electrons. The quantitative estimate of drug-likeness (QED) is 0.580. The molecular weight excluding hydrogens is 410 g/mol. The van der Waals surface area contributed by atoms with Crippen LogP contribution >= 0.6 is 0 Å². The van der Waals surface area contributed by atoms with E-state index in [1.807, 2.05) is 30.5 Å². The van der Waals surface area contributed by atoms with Gasteiger partial charge in [0.05, 0.1) is 18.7 Å². The molecule has 5 heteroatoms. The number of aromatic nitrogens is 1. The molecule has 0 bridgehead atoms. The Balaban J connectivity index is 1.23. The number of likely N-dealkylation sites (tertiary alicyclic amines) is 1. The van der Waals surface area contributed by atoms with Crippen LogP contribution in [0.5, 0.6) is 0 Å². The lowest BCUT2D eigenvalue weighted by Gasteiger charge is -2.28. The minimum absolute atomic E-state index is 0.187. The molecule has 0 unspecified atom stereocenters. The van der Waals surface area contributed by atoms with Gasteiger partial charge in [0, 0.05) is 49.9 Å². The van der Waals surface area contributed by atoms with Gasteiger partial charge in [0.1, 0.15) is 0 Å². The Kier molecular flexibility index (Phi) is 6.98. The SMILES string of the molecule is O=C(c1ccccc1CN1CCOCC1)N1CCC[C@H](Cc2cnc3ccccc3c2)CC1. The zero-order valence-electron chi connectivity index (χ0n) is 19.3. The van der Waals surface area contributed by atoms with Crippen LogP contribution in [-0.4, -0.2) is 60.1 Å². The van der Waals surface area contributed by atoms with Crippen molar-refractivity contribution in [1.29, 1.82) is 0 Å². The van der Waals surface area contributed by atoms with Crippen LogP contribution in [0.1, 0.15) is 40.7 Å². The van der Waals surface area contributed by atoms with E-state index < -0.39 is 0 Å². The number of hydrogen-bond donors (Lipinski definition) is 0. The van der Waals surface area contributed by atoms with E-state index in [9.17, 15) is 4.79 Å². The lowest BCUT2D eigenvalue weighted by atomic mass is 9.93. The van der Waals surface area contributed by atoms with Gasteiger partial charge in [0.2, 0.25) is 0 Å². The van der Waals surface area contributed by atoms with Crippen LogP contribution in [0.25, 0.3) is 10.9 Å². The third kappa shape index (κ3) is 5.43. The Hall–Kier alpha value is -2.76. The second-order valence-electron chi connectivity index (χ2n) is 9.38. The first-order chi connectivity index (χ1) is 16.3. The summed E-state index contributed by atoms with van der Waals surface area (Å²) in [6, 6.07) is 18.7. The van der Waals surface area contributed by atoms with Gasteiger partial charge in [-0.05, 0) is 60.9 Å². The van der Waals surface area contributed by atoms with Crippen LogP contribution in [0.2, 0.25) is 0 Å². The second kappa shape index (κ2) is 10.4. The maximum absolute atomic E-state index is 13.5. The third-order valence-electron chi connectivity index (χ3n) is 7.05. The zero-order chi connectivity index (χ0) is 22.5. The van der Waals surface area contributed by atoms with Crippen molar-refractivity contribution < 1.29 is 9.53 Å². The van der Waals surface area contributed by atoms with Gasteiger partial charge in [-0.2, -0.15) is 0 Å². The fourth-order valence-corrected chi connectivity index (χ4v) is 5.17. The molecule has 3 heterocycles. The molecule has 2 saturated heterocycles. The topological polar surface area (TPSA) is 45.7 Å². The van der Waals surface area contributed by atoms with Gasteiger partial charge in [-0.1, -0.05) is 36.4 Å². The number of nitrogens with zero attached hydrogens (tertiary/aromatic N) is 3. The van der Waals surface area contributed by atoms with Crippen LogP contribution in [-0.2, 0) is 17.7 Å². The molecule has 2 aliphatic rings. The van der Waals surface area contributed by atoms with Gasteiger partial charge in [-0.15, -0.1) is 0 Å². The van der Waals surface area contributed by atoms with Crippen LogP contribution in [0.4, 0.5) is 0 Å². The van der Waals surface area contributed by atoms with Gasteiger partial charge in [0.25, 0.3) is 5.91 Å². The van der Waals surface area contributed by atoms with E-state index in [0.29, 0.717) is 5.92 Å². The average molecular weight is 444 g/mol. The highest BCUT2D eigenvalue weighted by Crippen LogP contribution is 2.25. The molecule has 2 aromatic carbocycles. The van der Waals surface area contributed by atoms with E-state index in [1.54, 1.807) is 0 Å². The van der Waals surface area contributed by atoms with Gasteiger partial charge in [0.15, 0.2) is 0 Å². The molecule has 172 valence electrons. The molecule has 2 fully saturated rings. The highest BCUT2D eigenvalue weighted by molar-refractivity contribution is 5.95. The van der Waals surface area contributed by atoms with E-state index in [2.05, 4.69) is 45.1 Å². The summed E-state index contributed by atoms with van der Waals surface area (Å²) < 4.78 is 5.48. The largest absolute Gasteiger partial charge is 0.379 e. The van der Waals surface area contributed by atoms with Crippen molar-refractivity contribution in [3.05, 3.63) is 77.5 Å². The van der Waals surface area contributed by atoms with Crippen molar-refractivity contribution in [3.8, 4) is 0 Å². The highest BCUT2D eigenvalue weighted by Gasteiger charge is 2.24. The summed E-state index contributed by atoms with van der Waals surface area (Å²) in [7, 11) is 0. The molecule has 33 heavy (non-hydrogen) atoms. The predicted molar refractivity (Wildman–Crippen MR) is 131 cm³/mol. The molecule has 5 nitrogen and oxygen atoms in total. The molecule has 1 aromatic heterocycles. The van der Waals surface area contributed by atoms with Crippen molar-refractivity contribution >= 4 is 16.8 Å². The smallest absolute Gasteiger partial charge is 0.254 e. The molecule has 0 N–H and O–H groups in total. The summed E-state index contributed by atoms with van der Waals surface area (Å²) in [6.45, 7) is 5.89. The Morgan fingerprint density at radius 2 is 1.79 bits per heavy atom. The van der Waals surface area contributed by atoms with Gasteiger partial charge >= 0.3 is 0 Å². The van der Waals surface area contributed by atoms with E-state index in [0.717, 1.165) is 88.3 Å². The number of morpholine rings is 1. The molecule has 3 aromatic rings. The van der Waals surface area contributed by atoms with Crippen molar-refractivity contribution in [2.24, 2.45) is 5.92 Å². The Labute approximate surface area is 196 Å². The first-order valence-electron chi connectivity index (χ1n) is 12.3. The minimum Gasteiger partial charge on any atom is -0.379 e. The molecule has 1 amide bonds. The first-order valence-corrected chi connectivity index (χ1v) is 12.3. The van der Waals surface area contributed by atoms with E-state index in [-0.39, 0.29) is 5.91 Å². The number of carbonyl (C=O) groups is 1. The standard InChI is InChI=1S/C28H33N3O2/c32-28(26-9-3-1-8-25(26)21-30-14-16-33-17-15-30)31-12-5-6-22(11-13-31)18-23-19-24-7-2-4-10-27(24)29-20-23/h1-4,7-10,19-20,22H,5-6,11-18,21H2/t22-/m0/s1. The van der Waals surface area contributed by atoms with Gasteiger partial charge in [-0.3, -0.25) is 14.7 Å². The highest BCUT2D eigenvalue weighted by atomic mass is 16.5. The second-order valence-corrected chi connectivity index (χ2v) is 9.38. The third-order valence-corrected chi connectivity index (χ3v) is 7.05. The van der Waals surface area contributed by atoms with E-state index >= 15 is 0 Å². The number of benzene rings is 2. The summed E-state index contributed by atoms with van der Waals surface area (Å²) in [5, 5.41) is 1.21. The number of pyridine rings is 1. The predicted octanol–water partition coefficient (Wildman–Crippen LogP) is 4.55. The normalized spacial score (nSPS) is 20.0. The fraction of sp³-hybridized carbons (Fsp3) is 0.429. The van der Waals surface area contributed by atoms with Crippen molar-refractivity contribution in [2.75, 3.05) is 39.4 Å². The van der Waals surface area contributed by atoms with Crippen molar-refractivity contribution in [3.63, 3.8) is 0 Å². The number of rotatable bonds is 5. The number of carbonyl (C=O) groups excluding carboxylic acids is 1. The molecule has 0 saturated carbocycles. The van der Waals surface area contributed by atoms with Crippen LogP contribution in [0.3, 0.4) is 0 Å². The molecule has 5 rings (SSSR count). The summed E-state index contributed by atoms with van der Waals surface area (Å²) in [5.74, 6) is 0.779. The summed E-state index contributed by atoms with van der Waals surface area (Å²) in [5.41, 5.74) is 4.34. The Morgan fingerprint density at radius 3 is 2.70 bits per heavy atom. The number of para-hydroxylation sites is 1. The number of amides is 1. The number of hydrogen-bond acceptors (Lipinski definition) is 4. The van der Waals surface area contributed by atoms with Crippen molar-refractivity contribution in [1.82, 2.24) is 14.8 Å². The Bertz CT molecular complexity index is 1090. The monoisotopic (exact) mass is 443 g/mol. The van der Waals surface area contributed by atoms with E-state index in [1.165, 1.54) is 10.9 Å². The first kappa shape index (κ1) is 22.1. The van der Waals surface area contributed by atoms with Crippen molar-refractivity contribution in [2.45, 2.75) is 32.2 Å². The molecule has 0 spiro atoms. The van der Waals surface area contributed by atoms with Crippen LogP contribution < -0.4 is 0 Å². The maximum Gasteiger partial charge on any atom is 0.254 e. The average Bonchev–Trinajstić information content (AvgIpc) is 3.10. The summed E-state index contributed by atoms with van der Waals surface area (Å²) >= 11 is 0. The minimum atomic E-state index is 0.187. The Morgan fingerprint density at radius 1 is 0.970 bits per heavy atom. The molecule has 0 aliphatic carbocycles. The van der Waals surface area contributed by atoms with Gasteiger partial charge in [-0.25, -0.2) is 0 Å². The maximum atomic E-state index is 13.5. The zero-order valence-corrected chi connectivity index (χ0v) is 19.3. The summed E-state index contributed by atoms with van der Waals surface area (Å²) in [6.07, 6.45) is 6.32. The van der Waals surface area contributed by atoms with Crippen LogP contribution in [0, 0.1) is 5.92 Å². The number of ether oxygens (including phenoxy) is 1. The molecule has 2 aliphatic heterocycles. The number of fused-ring (bicyclic) bond motifs is 1. The lowest BCUT2D eigenvalue weighted by Crippen LogP contribution is -2.37. The molecular formula is C28H33N3O2.